The minimum Gasteiger partial charge on any atom is -0.481 e. The summed E-state index contributed by atoms with van der Waals surface area (Å²) in [6.45, 7) is 0. The van der Waals surface area contributed by atoms with Gasteiger partial charge in [-0.2, -0.15) is 4.98 Å². The first-order valence-corrected chi connectivity index (χ1v) is 8.22. The SMILES string of the molecule is COc1ccnc(Sc2nc(C3CC3)n(-c3ccccc3)n2)n1. The van der Waals surface area contributed by atoms with Gasteiger partial charge in [0.15, 0.2) is 5.16 Å². The van der Waals surface area contributed by atoms with E-state index in [1.165, 1.54) is 24.6 Å². The third kappa shape index (κ3) is 3.05. The lowest BCUT2D eigenvalue weighted by Gasteiger charge is -2.03. The summed E-state index contributed by atoms with van der Waals surface area (Å²) in [5, 5.41) is 5.88. The normalized spacial score (nSPS) is 14.0. The fourth-order valence-electron chi connectivity index (χ4n) is 2.28. The number of rotatable bonds is 5. The van der Waals surface area contributed by atoms with Crippen molar-refractivity contribution in [3.05, 3.63) is 48.4 Å². The summed E-state index contributed by atoms with van der Waals surface area (Å²) in [5.41, 5.74) is 1.03. The summed E-state index contributed by atoms with van der Waals surface area (Å²) in [6, 6.07) is 11.8. The Morgan fingerprint density at radius 3 is 2.65 bits per heavy atom. The standard InChI is InChI=1S/C16H15N5OS/c1-22-13-9-10-17-15(18-13)23-16-19-14(11-7-8-11)21(20-16)12-5-3-2-4-6-12/h2-6,9-11H,7-8H2,1H3. The highest BCUT2D eigenvalue weighted by atomic mass is 32.2. The molecule has 2 aromatic heterocycles. The van der Waals surface area contributed by atoms with Crippen LogP contribution in [-0.4, -0.2) is 31.8 Å². The molecule has 0 aliphatic heterocycles. The van der Waals surface area contributed by atoms with Gasteiger partial charge in [-0.15, -0.1) is 5.10 Å². The number of para-hydroxylation sites is 1. The minimum absolute atomic E-state index is 0.503. The molecule has 6 nitrogen and oxygen atoms in total. The minimum atomic E-state index is 0.503. The number of hydrogen-bond donors (Lipinski definition) is 0. The maximum absolute atomic E-state index is 5.13. The van der Waals surface area contributed by atoms with Crippen LogP contribution in [0.4, 0.5) is 0 Å². The lowest BCUT2D eigenvalue weighted by molar-refractivity contribution is 0.392. The summed E-state index contributed by atoms with van der Waals surface area (Å²) in [7, 11) is 1.59. The smallest absolute Gasteiger partial charge is 0.217 e. The van der Waals surface area contributed by atoms with Gasteiger partial charge in [0.2, 0.25) is 11.0 Å². The highest BCUT2D eigenvalue weighted by Crippen LogP contribution is 2.40. The first kappa shape index (κ1) is 14.2. The van der Waals surface area contributed by atoms with E-state index in [1.807, 2.05) is 35.0 Å². The van der Waals surface area contributed by atoms with Gasteiger partial charge in [-0.3, -0.25) is 0 Å². The molecule has 4 rings (SSSR count). The molecule has 23 heavy (non-hydrogen) atoms. The highest BCUT2D eigenvalue weighted by Gasteiger charge is 2.30. The van der Waals surface area contributed by atoms with Crippen molar-refractivity contribution in [1.29, 1.82) is 0 Å². The van der Waals surface area contributed by atoms with Crippen molar-refractivity contribution in [2.75, 3.05) is 7.11 Å². The second-order valence-electron chi connectivity index (χ2n) is 5.26. The van der Waals surface area contributed by atoms with Crippen molar-refractivity contribution in [2.24, 2.45) is 0 Å². The Balaban J connectivity index is 1.67. The average molecular weight is 325 g/mol. The topological polar surface area (TPSA) is 65.7 Å². The summed E-state index contributed by atoms with van der Waals surface area (Å²) in [6.07, 6.45) is 4.01. The summed E-state index contributed by atoms with van der Waals surface area (Å²) in [4.78, 5) is 13.2. The van der Waals surface area contributed by atoms with E-state index in [9.17, 15) is 0 Å². The second-order valence-corrected chi connectivity index (χ2v) is 6.19. The number of nitrogens with zero attached hydrogens (tertiary/aromatic N) is 5. The quantitative estimate of drug-likeness (QED) is 0.672. The molecule has 1 fully saturated rings. The predicted octanol–water partition coefficient (Wildman–Crippen LogP) is 3.09. The van der Waals surface area contributed by atoms with E-state index in [0.29, 0.717) is 22.1 Å². The van der Waals surface area contributed by atoms with Crippen molar-refractivity contribution in [1.82, 2.24) is 24.7 Å². The Morgan fingerprint density at radius 2 is 1.91 bits per heavy atom. The third-order valence-electron chi connectivity index (χ3n) is 3.56. The van der Waals surface area contributed by atoms with E-state index < -0.39 is 0 Å². The second kappa shape index (κ2) is 6.00. The third-order valence-corrected chi connectivity index (χ3v) is 4.29. The highest BCUT2D eigenvalue weighted by molar-refractivity contribution is 7.99. The average Bonchev–Trinajstić information content (AvgIpc) is 3.37. The summed E-state index contributed by atoms with van der Waals surface area (Å²) >= 11 is 1.35. The predicted molar refractivity (Wildman–Crippen MR) is 86.0 cm³/mol. The van der Waals surface area contributed by atoms with Crippen LogP contribution in [0.3, 0.4) is 0 Å². The van der Waals surface area contributed by atoms with Gasteiger partial charge in [0.25, 0.3) is 0 Å². The zero-order valence-corrected chi connectivity index (χ0v) is 13.4. The zero-order chi connectivity index (χ0) is 15.6. The van der Waals surface area contributed by atoms with Crippen LogP contribution in [0.5, 0.6) is 5.88 Å². The van der Waals surface area contributed by atoms with Crippen LogP contribution < -0.4 is 4.74 Å². The van der Waals surface area contributed by atoms with Crippen LogP contribution in [-0.2, 0) is 0 Å². The Kier molecular flexibility index (Phi) is 3.70. The van der Waals surface area contributed by atoms with E-state index in [0.717, 1.165) is 11.5 Å². The maximum Gasteiger partial charge on any atom is 0.217 e. The van der Waals surface area contributed by atoms with Gasteiger partial charge in [-0.25, -0.2) is 14.6 Å². The largest absolute Gasteiger partial charge is 0.481 e. The molecule has 116 valence electrons. The molecule has 0 atom stereocenters. The van der Waals surface area contributed by atoms with Crippen LogP contribution in [0, 0.1) is 0 Å². The summed E-state index contributed by atoms with van der Waals surface area (Å²) < 4.78 is 7.06. The molecule has 0 bridgehead atoms. The van der Waals surface area contributed by atoms with E-state index in [-0.39, 0.29) is 0 Å². The van der Waals surface area contributed by atoms with Gasteiger partial charge in [-0.05, 0) is 36.7 Å². The van der Waals surface area contributed by atoms with Crippen molar-refractivity contribution in [3.8, 4) is 11.6 Å². The zero-order valence-electron chi connectivity index (χ0n) is 12.6. The van der Waals surface area contributed by atoms with Crippen LogP contribution in [0.15, 0.2) is 52.9 Å². The Labute approximate surface area is 138 Å². The van der Waals surface area contributed by atoms with Crippen LogP contribution in [0.2, 0.25) is 0 Å². The first-order chi connectivity index (χ1) is 11.3. The molecule has 1 aromatic carbocycles. The maximum atomic E-state index is 5.13. The molecule has 0 spiro atoms. The molecule has 0 N–H and O–H groups in total. The molecule has 0 saturated heterocycles. The number of methoxy groups -OCH3 is 1. The van der Waals surface area contributed by atoms with Crippen molar-refractivity contribution in [2.45, 2.75) is 29.1 Å². The Morgan fingerprint density at radius 1 is 1.09 bits per heavy atom. The molecule has 7 heteroatoms. The molecular formula is C16H15N5OS. The van der Waals surface area contributed by atoms with E-state index in [2.05, 4.69) is 15.1 Å². The molecule has 3 aromatic rings. The van der Waals surface area contributed by atoms with Gasteiger partial charge >= 0.3 is 0 Å². The molecule has 1 aliphatic carbocycles. The van der Waals surface area contributed by atoms with Gasteiger partial charge in [-0.1, -0.05) is 18.2 Å². The lowest BCUT2D eigenvalue weighted by atomic mass is 10.3. The van der Waals surface area contributed by atoms with E-state index in [1.54, 1.807) is 19.4 Å². The van der Waals surface area contributed by atoms with Crippen LogP contribution in [0.1, 0.15) is 24.6 Å². The molecular weight excluding hydrogens is 310 g/mol. The molecule has 2 heterocycles. The van der Waals surface area contributed by atoms with Crippen LogP contribution >= 0.6 is 11.8 Å². The molecule has 1 aliphatic rings. The molecule has 0 amide bonds. The van der Waals surface area contributed by atoms with Crippen molar-refractivity contribution in [3.63, 3.8) is 0 Å². The Hall–Kier alpha value is -2.41. The number of ether oxygens (including phenoxy) is 1. The molecule has 0 unspecified atom stereocenters. The Bertz CT molecular complexity index is 816. The van der Waals surface area contributed by atoms with Crippen molar-refractivity contribution >= 4 is 11.8 Å². The van der Waals surface area contributed by atoms with E-state index in [4.69, 9.17) is 9.72 Å². The molecule has 1 saturated carbocycles. The first-order valence-electron chi connectivity index (χ1n) is 7.41. The number of aromatic nitrogens is 5. The van der Waals surface area contributed by atoms with Crippen LogP contribution in [0.25, 0.3) is 5.69 Å². The fourth-order valence-corrected chi connectivity index (χ4v) is 2.96. The van der Waals surface area contributed by atoms with Crippen molar-refractivity contribution < 1.29 is 4.74 Å². The fraction of sp³-hybridized carbons (Fsp3) is 0.250. The number of benzene rings is 1. The number of hydrogen-bond acceptors (Lipinski definition) is 6. The van der Waals surface area contributed by atoms with E-state index >= 15 is 0 Å². The summed E-state index contributed by atoms with van der Waals surface area (Å²) in [5.74, 6) is 2.05. The lowest BCUT2D eigenvalue weighted by Crippen LogP contribution is -2.01. The molecule has 0 radical (unpaired) electrons. The monoisotopic (exact) mass is 325 g/mol. The van der Waals surface area contributed by atoms with Gasteiger partial charge in [0, 0.05) is 18.2 Å². The van der Waals surface area contributed by atoms with Gasteiger partial charge in [0.05, 0.1) is 12.8 Å². The van der Waals surface area contributed by atoms with Gasteiger partial charge in [0.1, 0.15) is 5.82 Å². The van der Waals surface area contributed by atoms with Gasteiger partial charge < -0.3 is 4.74 Å².